The van der Waals surface area contributed by atoms with Crippen molar-refractivity contribution in [2.45, 2.75) is 52.4 Å². The maximum absolute atomic E-state index is 13.8. The van der Waals surface area contributed by atoms with E-state index in [0.29, 0.717) is 47.8 Å². The number of fused-ring (bicyclic) bond motifs is 1. The smallest absolute Gasteiger partial charge is 0.261 e. The highest BCUT2D eigenvalue weighted by Crippen LogP contribution is 2.33. The molecular weight excluding hydrogens is 488 g/mol. The molecule has 1 saturated heterocycles. The van der Waals surface area contributed by atoms with Crippen molar-refractivity contribution in [3.05, 3.63) is 105 Å². The van der Waals surface area contributed by atoms with Crippen molar-refractivity contribution in [3.63, 3.8) is 0 Å². The number of hydroxylamine groups is 4. The fourth-order valence-electron chi connectivity index (χ4n) is 4.74. The van der Waals surface area contributed by atoms with Crippen LogP contribution in [0.25, 0.3) is 10.9 Å². The van der Waals surface area contributed by atoms with Gasteiger partial charge in [0.1, 0.15) is 11.6 Å². The number of aromatic hydroxyl groups is 1. The quantitative estimate of drug-likeness (QED) is 0.357. The Balaban J connectivity index is 1.63. The Morgan fingerprint density at radius 2 is 1.86 bits per heavy atom. The Hall–Kier alpha value is -3.23. The lowest BCUT2D eigenvalue weighted by molar-refractivity contribution is -0.381. The van der Waals surface area contributed by atoms with Crippen LogP contribution in [0.2, 0.25) is 5.02 Å². The summed E-state index contributed by atoms with van der Waals surface area (Å²) in [5.41, 5.74) is 3.16. The zero-order valence-corrected chi connectivity index (χ0v) is 22.0. The Bertz CT molecular complexity index is 1470. The number of hydrogen-bond donors (Lipinski definition) is 1. The lowest BCUT2D eigenvalue weighted by atomic mass is 10.1. The molecule has 192 valence electrons. The average Bonchev–Trinajstić information content (AvgIpc) is 2.88. The summed E-state index contributed by atoms with van der Waals surface area (Å²) in [6, 6.07) is 20.5. The van der Waals surface area contributed by atoms with Crippen molar-refractivity contribution >= 4 is 22.5 Å². The second kappa shape index (κ2) is 10.6. The zero-order valence-electron chi connectivity index (χ0n) is 21.3. The van der Waals surface area contributed by atoms with E-state index in [-0.39, 0.29) is 23.4 Å². The van der Waals surface area contributed by atoms with Crippen molar-refractivity contribution in [2.24, 2.45) is 0 Å². The molecule has 37 heavy (non-hydrogen) atoms. The van der Waals surface area contributed by atoms with Crippen LogP contribution in [0.15, 0.2) is 71.5 Å². The van der Waals surface area contributed by atoms with E-state index < -0.39 is 0 Å². The number of benzene rings is 3. The van der Waals surface area contributed by atoms with Gasteiger partial charge in [-0.2, -0.15) is 10.1 Å². The summed E-state index contributed by atoms with van der Waals surface area (Å²) in [5, 5.41) is 15.4. The molecule has 0 radical (unpaired) electrons. The molecule has 1 N–H and O–H groups in total. The van der Waals surface area contributed by atoms with Crippen LogP contribution in [-0.4, -0.2) is 37.4 Å². The molecule has 0 spiro atoms. The third kappa shape index (κ3) is 5.40. The van der Waals surface area contributed by atoms with Crippen LogP contribution >= 0.6 is 11.6 Å². The van der Waals surface area contributed by atoms with Crippen LogP contribution < -0.4 is 5.56 Å². The van der Waals surface area contributed by atoms with Gasteiger partial charge in [0, 0.05) is 23.2 Å². The predicted molar refractivity (Wildman–Crippen MR) is 145 cm³/mol. The lowest BCUT2D eigenvalue weighted by Gasteiger charge is -2.41. The molecular formula is C29H31ClN4O3. The zero-order chi connectivity index (χ0) is 26.1. The molecule has 1 aliphatic rings. The molecule has 0 saturated carbocycles. The lowest BCUT2D eigenvalue weighted by Crippen LogP contribution is -2.48. The van der Waals surface area contributed by atoms with Gasteiger partial charge in [0.25, 0.3) is 5.56 Å². The second-order valence-corrected chi connectivity index (χ2v) is 10.3. The summed E-state index contributed by atoms with van der Waals surface area (Å²) in [4.78, 5) is 25.2. The van der Waals surface area contributed by atoms with Gasteiger partial charge in [-0.25, -0.2) is 9.92 Å². The number of rotatable bonds is 6. The topological polar surface area (TPSA) is 70.8 Å². The highest BCUT2D eigenvalue weighted by Gasteiger charge is 2.34. The maximum atomic E-state index is 13.8. The van der Waals surface area contributed by atoms with Gasteiger partial charge in [-0.1, -0.05) is 54.1 Å². The van der Waals surface area contributed by atoms with Crippen molar-refractivity contribution < 1.29 is 10.0 Å². The Morgan fingerprint density at radius 1 is 1.08 bits per heavy atom. The minimum absolute atomic E-state index is 0.120. The summed E-state index contributed by atoms with van der Waals surface area (Å²) in [7, 11) is 0. The van der Waals surface area contributed by atoms with E-state index >= 15 is 0 Å². The fraction of sp³-hybridized carbons (Fsp3) is 0.310. The summed E-state index contributed by atoms with van der Waals surface area (Å²) in [5.74, 6) is 0.822. The maximum Gasteiger partial charge on any atom is 0.261 e. The van der Waals surface area contributed by atoms with Gasteiger partial charge < -0.3 is 5.11 Å². The highest BCUT2D eigenvalue weighted by atomic mass is 35.5. The SMILES string of the molecule is Cc1ccc(CN2ON(C(C)C)CCC2c2nc3cc(Cl)ccc3c(=O)n2Cc2ccccc2)c(O)c1. The molecule has 0 aliphatic carbocycles. The van der Waals surface area contributed by atoms with Gasteiger partial charge in [-0.3, -0.25) is 9.36 Å². The molecule has 0 bridgehead atoms. The van der Waals surface area contributed by atoms with Crippen LogP contribution in [0, 0.1) is 6.92 Å². The predicted octanol–water partition coefficient (Wildman–Crippen LogP) is 5.62. The Morgan fingerprint density at radius 3 is 2.59 bits per heavy atom. The summed E-state index contributed by atoms with van der Waals surface area (Å²) in [6.07, 6.45) is 0.693. The fourth-order valence-corrected chi connectivity index (χ4v) is 4.90. The van der Waals surface area contributed by atoms with Crippen molar-refractivity contribution in [3.8, 4) is 5.75 Å². The van der Waals surface area contributed by atoms with E-state index in [2.05, 4.69) is 13.8 Å². The van der Waals surface area contributed by atoms with Gasteiger partial charge in [0.2, 0.25) is 0 Å². The van der Waals surface area contributed by atoms with Crippen LogP contribution in [0.5, 0.6) is 5.75 Å². The number of aryl methyl sites for hydroxylation is 1. The van der Waals surface area contributed by atoms with E-state index in [0.717, 1.165) is 16.7 Å². The summed E-state index contributed by atoms with van der Waals surface area (Å²) < 4.78 is 1.74. The Labute approximate surface area is 221 Å². The molecule has 4 aromatic rings. The van der Waals surface area contributed by atoms with E-state index in [1.54, 1.807) is 28.8 Å². The van der Waals surface area contributed by atoms with Gasteiger partial charge in [0.15, 0.2) is 0 Å². The first kappa shape index (κ1) is 25.4. The number of hydrogen-bond acceptors (Lipinski definition) is 6. The second-order valence-electron chi connectivity index (χ2n) is 9.84. The molecule has 2 heterocycles. The van der Waals surface area contributed by atoms with E-state index in [1.807, 2.05) is 59.5 Å². The number of nitrogens with zero attached hydrogens (tertiary/aromatic N) is 4. The monoisotopic (exact) mass is 518 g/mol. The number of phenolic OH excluding ortho intramolecular Hbond substituents is 1. The first-order valence-electron chi connectivity index (χ1n) is 12.5. The van der Waals surface area contributed by atoms with Gasteiger partial charge >= 0.3 is 0 Å². The minimum atomic E-state index is -0.324. The van der Waals surface area contributed by atoms with E-state index in [1.165, 1.54) is 0 Å². The normalized spacial score (nSPS) is 17.1. The first-order chi connectivity index (χ1) is 17.8. The van der Waals surface area contributed by atoms with Crippen LogP contribution in [0.4, 0.5) is 0 Å². The molecule has 3 aromatic carbocycles. The minimum Gasteiger partial charge on any atom is -0.508 e. The standard InChI is InChI=1S/C29H31ClN4O3/c1-19(2)33-14-13-26(34(37-33)18-22-10-9-20(3)15-27(22)35)28-31-25-16-23(30)11-12-24(25)29(36)32(28)17-21-7-5-4-6-8-21/h4-12,15-16,19,26,35H,13-14,17-18H2,1-3H3. The average molecular weight is 519 g/mol. The van der Waals surface area contributed by atoms with E-state index in [4.69, 9.17) is 21.5 Å². The van der Waals surface area contributed by atoms with Gasteiger partial charge in [-0.15, -0.1) is 0 Å². The van der Waals surface area contributed by atoms with Crippen LogP contribution in [-0.2, 0) is 18.0 Å². The van der Waals surface area contributed by atoms with Gasteiger partial charge in [0.05, 0.1) is 30.0 Å². The van der Waals surface area contributed by atoms with Crippen molar-refractivity contribution in [1.82, 2.24) is 19.7 Å². The largest absolute Gasteiger partial charge is 0.508 e. The molecule has 1 fully saturated rings. The molecule has 1 aliphatic heterocycles. The summed E-state index contributed by atoms with van der Waals surface area (Å²) in [6.45, 7) is 7.47. The van der Waals surface area contributed by atoms with Crippen LogP contribution in [0.3, 0.4) is 0 Å². The van der Waals surface area contributed by atoms with Crippen molar-refractivity contribution in [1.29, 1.82) is 0 Å². The molecule has 7 nitrogen and oxygen atoms in total. The highest BCUT2D eigenvalue weighted by molar-refractivity contribution is 6.31. The third-order valence-electron chi connectivity index (χ3n) is 6.75. The number of phenols is 1. The van der Waals surface area contributed by atoms with Gasteiger partial charge in [-0.05, 0) is 62.6 Å². The molecule has 1 unspecified atom stereocenters. The van der Waals surface area contributed by atoms with Crippen molar-refractivity contribution in [2.75, 3.05) is 6.54 Å². The first-order valence-corrected chi connectivity index (χ1v) is 12.9. The number of aromatic nitrogens is 2. The third-order valence-corrected chi connectivity index (χ3v) is 6.99. The molecule has 8 heteroatoms. The van der Waals surface area contributed by atoms with E-state index in [9.17, 15) is 9.90 Å². The molecule has 0 amide bonds. The molecule has 5 rings (SSSR count). The molecule has 1 aromatic heterocycles. The number of halogens is 1. The summed E-state index contributed by atoms with van der Waals surface area (Å²) >= 11 is 6.28. The Kier molecular flexibility index (Phi) is 7.31. The van der Waals surface area contributed by atoms with Crippen LogP contribution in [0.1, 0.15) is 48.8 Å². The molecule has 1 atom stereocenters.